The van der Waals surface area contributed by atoms with Gasteiger partial charge in [-0.05, 0) is 51.2 Å². The summed E-state index contributed by atoms with van der Waals surface area (Å²) in [5.41, 5.74) is 3.23. The fourth-order valence-electron chi connectivity index (χ4n) is 2.36. The molecule has 0 saturated carbocycles. The second-order valence-electron chi connectivity index (χ2n) is 5.75. The van der Waals surface area contributed by atoms with Crippen molar-refractivity contribution in [3.63, 3.8) is 0 Å². The third-order valence-corrected chi connectivity index (χ3v) is 5.20. The molecule has 0 atom stereocenters. The predicted molar refractivity (Wildman–Crippen MR) is 106 cm³/mol. The molecule has 128 valence electrons. The number of para-hydroxylation sites is 1. The van der Waals surface area contributed by atoms with Crippen molar-refractivity contribution < 1.29 is 9.53 Å². The molecule has 1 N–H and O–H groups in total. The predicted octanol–water partition coefficient (Wildman–Crippen LogP) is 5.45. The zero-order valence-electron chi connectivity index (χ0n) is 14.1. The summed E-state index contributed by atoms with van der Waals surface area (Å²) in [4.78, 5) is 12.2. The Kier molecular flexibility index (Phi) is 7.18. The second-order valence-corrected chi connectivity index (χ2v) is 7.59. The Labute approximate surface area is 156 Å². The van der Waals surface area contributed by atoms with E-state index in [-0.39, 0.29) is 5.91 Å². The van der Waals surface area contributed by atoms with E-state index in [1.807, 2.05) is 36.4 Å². The summed E-state index contributed by atoms with van der Waals surface area (Å²) in [6.07, 6.45) is 0. The average molecular weight is 408 g/mol. The van der Waals surface area contributed by atoms with Gasteiger partial charge in [0.1, 0.15) is 5.75 Å². The molecule has 0 saturated heterocycles. The van der Waals surface area contributed by atoms with E-state index in [0.29, 0.717) is 11.7 Å². The minimum Gasteiger partial charge on any atom is -0.496 e. The monoisotopic (exact) mass is 407 g/mol. The van der Waals surface area contributed by atoms with E-state index in [2.05, 4.69) is 41.2 Å². The van der Waals surface area contributed by atoms with Crippen molar-refractivity contribution in [2.75, 3.05) is 18.2 Å². The summed E-state index contributed by atoms with van der Waals surface area (Å²) in [6, 6.07) is 13.9. The number of halogens is 1. The zero-order valence-corrected chi connectivity index (χ0v) is 16.5. The highest BCUT2D eigenvalue weighted by atomic mass is 79.9. The highest BCUT2D eigenvalue weighted by Gasteiger charge is 2.09. The van der Waals surface area contributed by atoms with E-state index in [0.717, 1.165) is 32.8 Å². The van der Waals surface area contributed by atoms with Crippen molar-refractivity contribution in [3.05, 3.63) is 58.1 Å². The maximum atomic E-state index is 12.2. The molecule has 2 aromatic rings. The minimum atomic E-state index is 0.0284. The number of anilines is 1. The van der Waals surface area contributed by atoms with E-state index in [9.17, 15) is 4.79 Å². The van der Waals surface area contributed by atoms with Crippen molar-refractivity contribution in [1.82, 2.24) is 0 Å². The maximum Gasteiger partial charge on any atom is 0.234 e. The van der Waals surface area contributed by atoms with E-state index in [1.165, 1.54) is 0 Å². The van der Waals surface area contributed by atoms with Gasteiger partial charge in [-0.1, -0.05) is 38.1 Å². The first-order valence-corrected chi connectivity index (χ1v) is 9.75. The molecule has 2 rings (SSSR count). The summed E-state index contributed by atoms with van der Waals surface area (Å²) < 4.78 is 6.15. The van der Waals surface area contributed by atoms with Crippen LogP contribution in [0.5, 0.6) is 5.75 Å². The van der Waals surface area contributed by atoms with Crippen LogP contribution in [0.2, 0.25) is 0 Å². The number of carbonyl (C=O) groups excluding carboxylic acids is 1. The SMILES string of the molecule is COc1ccc(CSCC(=O)Nc2ccccc2C(C)C)cc1Br. The number of rotatable bonds is 7. The standard InChI is InChI=1S/C19H22BrNO2S/c1-13(2)15-6-4-5-7-17(15)21-19(22)12-24-11-14-8-9-18(23-3)16(20)10-14/h4-10,13H,11-12H2,1-3H3,(H,21,22). The van der Waals surface area contributed by atoms with Crippen LogP contribution in [0, 0.1) is 0 Å². The molecule has 0 heterocycles. The van der Waals surface area contributed by atoms with Crippen molar-refractivity contribution >= 4 is 39.3 Å². The summed E-state index contributed by atoms with van der Waals surface area (Å²) >= 11 is 5.08. The molecule has 0 spiro atoms. The molecular formula is C19H22BrNO2S. The van der Waals surface area contributed by atoms with Gasteiger partial charge in [0.15, 0.2) is 0 Å². The number of methoxy groups -OCH3 is 1. The molecule has 3 nitrogen and oxygen atoms in total. The van der Waals surface area contributed by atoms with Crippen LogP contribution >= 0.6 is 27.7 Å². The molecule has 1 amide bonds. The van der Waals surface area contributed by atoms with Gasteiger partial charge in [-0.15, -0.1) is 11.8 Å². The van der Waals surface area contributed by atoms with Crippen LogP contribution in [0.15, 0.2) is 46.9 Å². The highest BCUT2D eigenvalue weighted by molar-refractivity contribution is 9.10. The van der Waals surface area contributed by atoms with Crippen LogP contribution in [0.4, 0.5) is 5.69 Å². The summed E-state index contributed by atoms with van der Waals surface area (Å²) in [5, 5.41) is 3.02. The smallest absolute Gasteiger partial charge is 0.234 e. The lowest BCUT2D eigenvalue weighted by atomic mass is 10.0. The molecule has 0 aromatic heterocycles. The number of nitrogens with one attached hydrogen (secondary N) is 1. The van der Waals surface area contributed by atoms with Crippen molar-refractivity contribution in [2.24, 2.45) is 0 Å². The van der Waals surface area contributed by atoms with Gasteiger partial charge in [0.25, 0.3) is 0 Å². The molecule has 0 aliphatic rings. The van der Waals surface area contributed by atoms with E-state index >= 15 is 0 Å². The van der Waals surface area contributed by atoms with Gasteiger partial charge in [0, 0.05) is 11.4 Å². The Hall–Kier alpha value is -1.46. The van der Waals surface area contributed by atoms with E-state index in [4.69, 9.17) is 4.74 Å². The lowest BCUT2D eigenvalue weighted by molar-refractivity contribution is -0.113. The Balaban J connectivity index is 1.87. The number of hydrogen-bond donors (Lipinski definition) is 1. The van der Waals surface area contributed by atoms with Gasteiger partial charge in [-0.3, -0.25) is 4.79 Å². The first-order chi connectivity index (χ1) is 11.5. The lowest BCUT2D eigenvalue weighted by Crippen LogP contribution is -2.15. The average Bonchev–Trinajstić information content (AvgIpc) is 2.55. The Morgan fingerprint density at radius 1 is 1.25 bits per heavy atom. The molecular weight excluding hydrogens is 386 g/mol. The van der Waals surface area contributed by atoms with Crippen LogP contribution in [0.25, 0.3) is 0 Å². The topological polar surface area (TPSA) is 38.3 Å². The number of amides is 1. The van der Waals surface area contributed by atoms with Crippen LogP contribution in [0.1, 0.15) is 30.9 Å². The van der Waals surface area contributed by atoms with E-state index < -0.39 is 0 Å². The third kappa shape index (κ3) is 5.28. The largest absolute Gasteiger partial charge is 0.496 e. The molecule has 2 aromatic carbocycles. The molecule has 5 heteroatoms. The number of hydrogen-bond acceptors (Lipinski definition) is 3. The Bertz CT molecular complexity index is 704. The molecule has 0 fully saturated rings. The van der Waals surface area contributed by atoms with Crippen LogP contribution in [-0.2, 0) is 10.5 Å². The van der Waals surface area contributed by atoms with Crippen molar-refractivity contribution in [3.8, 4) is 5.75 Å². The van der Waals surface area contributed by atoms with Gasteiger partial charge in [0.2, 0.25) is 5.91 Å². The Morgan fingerprint density at radius 3 is 2.67 bits per heavy atom. The van der Waals surface area contributed by atoms with Gasteiger partial charge in [0.05, 0.1) is 17.3 Å². The molecule has 0 aliphatic heterocycles. The summed E-state index contributed by atoms with van der Waals surface area (Å²) in [7, 11) is 1.65. The quantitative estimate of drug-likeness (QED) is 0.662. The number of thioether (sulfide) groups is 1. The summed E-state index contributed by atoms with van der Waals surface area (Å²) in [5.74, 6) is 2.43. The number of ether oxygens (including phenoxy) is 1. The lowest BCUT2D eigenvalue weighted by Gasteiger charge is -2.13. The maximum absolute atomic E-state index is 12.2. The van der Waals surface area contributed by atoms with E-state index in [1.54, 1.807) is 18.9 Å². The highest BCUT2D eigenvalue weighted by Crippen LogP contribution is 2.27. The zero-order chi connectivity index (χ0) is 17.5. The molecule has 0 radical (unpaired) electrons. The van der Waals surface area contributed by atoms with Gasteiger partial charge >= 0.3 is 0 Å². The first kappa shape index (κ1) is 18.9. The minimum absolute atomic E-state index is 0.0284. The normalized spacial score (nSPS) is 10.7. The number of benzene rings is 2. The number of carbonyl (C=O) groups is 1. The Morgan fingerprint density at radius 2 is 2.00 bits per heavy atom. The van der Waals surface area contributed by atoms with Crippen LogP contribution < -0.4 is 10.1 Å². The molecule has 0 unspecified atom stereocenters. The summed E-state index contributed by atoms with van der Waals surface area (Å²) in [6.45, 7) is 4.25. The molecule has 24 heavy (non-hydrogen) atoms. The van der Waals surface area contributed by atoms with Crippen LogP contribution in [0.3, 0.4) is 0 Å². The first-order valence-electron chi connectivity index (χ1n) is 7.80. The molecule has 0 bridgehead atoms. The van der Waals surface area contributed by atoms with Crippen LogP contribution in [-0.4, -0.2) is 18.8 Å². The van der Waals surface area contributed by atoms with Crippen molar-refractivity contribution in [1.29, 1.82) is 0 Å². The fourth-order valence-corrected chi connectivity index (χ4v) is 3.72. The van der Waals surface area contributed by atoms with Gasteiger partial charge < -0.3 is 10.1 Å². The van der Waals surface area contributed by atoms with Crippen molar-refractivity contribution in [2.45, 2.75) is 25.5 Å². The molecule has 0 aliphatic carbocycles. The van der Waals surface area contributed by atoms with Gasteiger partial charge in [-0.25, -0.2) is 0 Å². The van der Waals surface area contributed by atoms with Gasteiger partial charge in [-0.2, -0.15) is 0 Å². The second kappa shape index (κ2) is 9.14. The third-order valence-electron chi connectivity index (χ3n) is 3.57. The fraction of sp³-hybridized carbons (Fsp3) is 0.316.